The summed E-state index contributed by atoms with van der Waals surface area (Å²) >= 11 is 0. The Morgan fingerprint density at radius 3 is 2.82 bits per heavy atom. The van der Waals surface area contributed by atoms with Crippen LogP contribution in [0.25, 0.3) is 21.9 Å². The van der Waals surface area contributed by atoms with Crippen molar-refractivity contribution in [2.24, 2.45) is 0 Å². The molecule has 22 heavy (non-hydrogen) atoms. The highest BCUT2D eigenvalue weighted by atomic mass is 15.1. The van der Waals surface area contributed by atoms with E-state index in [2.05, 4.69) is 27.9 Å². The topological polar surface area (TPSA) is 68.8 Å². The van der Waals surface area contributed by atoms with E-state index in [9.17, 15) is 0 Å². The lowest BCUT2D eigenvalue weighted by Gasteiger charge is -2.10. The van der Waals surface area contributed by atoms with Crippen molar-refractivity contribution in [2.45, 2.75) is 32.7 Å². The van der Waals surface area contributed by atoms with Crippen LogP contribution in [-0.4, -0.2) is 28.1 Å². The highest BCUT2D eigenvalue weighted by Crippen LogP contribution is 2.29. The van der Waals surface area contributed by atoms with Crippen molar-refractivity contribution in [3.8, 4) is 0 Å². The number of nitrogens with two attached hydrogens (primary N) is 1. The zero-order valence-corrected chi connectivity index (χ0v) is 13.3. The summed E-state index contributed by atoms with van der Waals surface area (Å²) in [6.07, 6.45) is 3.10. The Morgan fingerprint density at radius 1 is 1.23 bits per heavy atom. The number of nitrogens with zero attached hydrogens (tertiary/aromatic N) is 3. The van der Waals surface area contributed by atoms with Crippen LogP contribution in [0, 0.1) is 0 Å². The highest BCUT2D eigenvalue weighted by molar-refractivity contribution is 6.06. The van der Waals surface area contributed by atoms with E-state index >= 15 is 0 Å². The zero-order chi connectivity index (χ0) is 15.5. The van der Waals surface area contributed by atoms with Crippen LogP contribution >= 0.6 is 0 Å². The van der Waals surface area contributed by atoms with Crippen LogP contribution in [0.2, 0.25) is 0 Å². The fourth-order valence-corrected chi connectivity index (χ4v) is 2.97. The van der Waals surface area contributed by atoms with Gasteiger partial charge in [0.25, 0.3) is 0 Å². The molecule has 3 N–H and O–H groups in total. The van der Waals surface area contributed by atoms with Crippen LogP contribution < -0.4 is 11.1 Å². The van der Waals surface area contributed by atoms with E-state index in [4.69, 9.17) is 10.7 Å². The second kappa shape index (κ2) is 6.32. The maximum atomic E-state index is 6.16. The average Bonchev–Trinajstić information content (AvgIpc) is 2.88. The predicted molar refractivity (Wildman–Crippen MR) is 92.0 cm³/mol. The van der Waals surface area contributed by atoms with Crippen molar-refractivity contribution in [2.75, 3.05) is 19.3 Å². The summed E-state index contributed by atoms with van der Waals surface area (Å²) in [5.41, 5.74) is 9.06. The van der Waals surface area contributed by atoms with Gasteiger partial charge in [0.05, 0.1) is 11.0 Å². The molecule has 0 aliphatic rings. The first kappa shape index (κ1) is 14.8. The lowest BCUT2D eigenvalue weighted by Crippen LogP contribution is -2.12. The number of nitrogens with one attached hydrogen (secondary N) is 1. The summed E-state index contributed by atoms with van der Waals surface area (Å²) in [7, 11) is 1.98. The van der Waals surface area contributed by atoms with Crippen LogP contribution in [-0.2, 0) is 13.0 Å². The Balaban J connectivity index is 2.24. The lowest BCUT2D eigenvalue weighted by atomic mass is 10.2. The molecule has 0 amide bonds. The third-order valence-corrected chi connectivity index (χ3v) is 3.97. The van der Waals surface area contributed by atoms with E-state index in [0.29, 0.717) is 5.82 Å². The minimum absolute atomic E-state index is 0.526. The van der Waals surface area contributed by atoms with Crippen LogP contribution in [0.15, 0.2) is 24.3 Å². The first-order valence-electron chi connectivity index (χ1n) is 7.94. The number of rotatable bonds is 6. The normalized spacial score (nSPS) is 11.5. The highest BCUT2D eigenvalue weighted by Gasteiger charge is 2.16. The van der Waals surface area contributed by atoms with Gasteiger partial charge in [-0.2, -0.15) is 0 Å². The zero-order valence-electron chi connectivity index (χ0n) is 13.3. The van der Waals surface area contributed by atoms with Crippen LogP contribution in [0.5, 0.6) is 0 Å². The van der Waals surface area contributed by atoms with Gasteiger partial charge in [0, 0.05) is 18.4 Å². The summed E-state index contributed by atoms with van der Waals surface area (Å²) in [4.78, 5) is 9.29. The van der Waals surface area contributed by atoms with Gasteiger partial charge in [-0.3, -0.25) is 0 Å². The van der Waals surface area contributed by atoms with Crippen molar-refractivity contribution in [1.82, 2.24) is 19.9 Å². The van der Waals surface area contributed by atoms with Gasteiger partial charge in [0.2, 0.25) is 0 Å². The Bertz CT molecular complexity index is 790. The van der Waals surface area contributed by atoms with Gasteiger partial charge in [0.1, 0.15) is 11.3 Å². The van der Waals surface area contributed by atoms with Crippen LogP contribution in [0.4, 0.5) is 5.82 Å². The molecule has 0 atom stereocenters. The summed E-state index contributed by atoms with van der Waals surface area (Å²) in [5.74, 6) is 1.64. The SMILES string of the molecule is CCCc1nc2c(N)nc3ccccc3c2n1CCCNC. The summed E-state index contributed by atoms with van der Waals surface area (Å²) in [5, 5.41) is 4.34. The number of imidazole rings is 1. The van der Waals surface area contributed by atoms with E-state index in [-0.39, 0.29) is 0 Å². The molecular weight excluding hydrogens is 274 g/mol. The number of aromatic nitrogens is 3. The first-order chi connectivity index (χ1) is 10.8. The quantitative estimate of drug-likeness (QED) is 0.686. The van der Waals surface area contributed by atoms with E-state index in [1.807, 2.05) is 25.2 Å². The maximum Gasteiger partial charge on any atom is 0.152 e. The van der Waals surface area contributed by atoms with Crippen LogP contribution in [0.3, 0.4) is 0 Å². The van der Waals surface area contributed by atoms with E-state index < -0.39 is 0 Å². The molecule has 3 aromatic rings. The minimum Gasteiger partial charge on any atom is -0.382 e. The number of hydrogen-bond acceptors (Lipinski definition) is 4. The molecule has 0 radical (unpaired) electrons. The number of anilines is 1. The van der Waals surface area contributed by atoms with Crippen molar-refractivity contribution in [1.29, 1.82) is 0 Å². The first-order valence-corrected chi connectivity index (χ1v) is 7.94. The molecule has 5 heteroatoms. The third-order valence-electron chi connectivity index (χ3n) is 3.97. The molecule has 0 spiro atoms. The molecule has 1 aromatic carbocycles. The summed E-state index contributed by atoms with van der Waals surface area (Å²) < 4.78 is 2.33. The smallest absolute Gasteiger partial charge is 0.152 e. The molecule has 0 fully saturated rings. The van der Waals surface area contributed by atoms with Crippen molar-refractivity contribution in [3.05, 3.63) is 30.1 Å². The monoisotopic (exact) mass is 297 g/mol. The molecule has 2 heterocycles. The molecular formula is C17H23N5. The van der Waals surface area contributed by atoms with E-state index in [0.717, 1.165) is 60.1 Å². The molecule has 0 bridgehead atoms. The van der Waals surface area contributed by atoms with Crippen molar-refractivity contribution >= 4 is 27.8 Å². The molecule has 0 saturated heterocycles. The van der Waals surface area contributed by atoms with Gasteiger partial charge in [-0.15, -0.1) is 0 Å². The lowest BCUT2D eigenvalue weighted by molar-refractivity contribution is 0.598. The fourth-order valence-electron chi connectivity index (χ4n) is 2.97. The Labute approximate surface area is 130 Å². The number of fused-ring (bicyclic) bond motifs is 3. The third kappa shape index (κ3) is 2.52. The number of aryl methyl sites for hydroxylation is 2. The number of pyridine rings is 1. The van der Waals surface area contributed by atoms with Gasteiger partial charge in [0.15, 0.2) is 5.82 Å². The maximum absolute atomic E-state index is 6.16. The molecule has 0 saturated carbocycles. The summed E-state index contributed by atoms with van der Waals surface area (Å²) in [6, 6.07) is 8.16. The Hall–Kier alpha value is -2.14. The molecule has 2 aromatic heterocycles. The van der Waals surface area contributed by atoms with Crippen molar-refractivity contribution in [3.63, 3.8) is 0 Å². The van der Waals surface area contributed by atoms with Gasteiger partial charge in [-0.1, -0.05) is 25.1 Å². The van der Waals surface area contributed by atoms with Gasteiger partial charge < -0.3 is 15.6 Å². The number of nitrogen functional groups attached to an aromatic ring is 1. The predicted octanol–water partition coefficient (Wildman–Crippen LogP) is 2.73. The Morgan fingerprint density at radius 2 is 2.05 bits per heavy atom. The molecule has 5 nitrogen and oxygen atoms in total. The fraction of sp³-hybridized carbons (Fsp3) is 0.412. The molecule has 0 unspecified atom stereocenters. The second-order valence-electron chi connectivity index (χ2n) is 5.60. The van der Waals surface area contributed by atoms with Gasteiger partial charge in [-0.05, 0) is 32.5 Å². The molecule has 0 aliphatic carbocycles. The second-order valence-corrected chi connectivity index (χ2v) is 5.60. The van der Waals surface area contributed by atoms with E-state index in [1.54, 1.807) is 0 Å². The number of benzene rings is 1. The molecule has 3 rings (SSSR count). The summed E-state index contributed by atoms with van der Waals surface area (Å²) in [6.45, 7) is 4.11. The molecule has 116 valence electrons. The number of para-hydroxylation sites is 1. The molecule has 0 aliphatic heterocycles. The van der Waals surface area contributed by atoms with Crippen molar-refractivity contribution < 1.29 is 0 Å². The Kier molecular flexibility index (Phi) is 4.24. The standard InChI is InChI=1S/C17H23N5/c1-3-7-14-21-15-16(22(14)11-6-10-19-2)12-8-4-5-9-13(12)20-17(15)18/h4-5,8-9,19H,3,6-7,10-11H2,1-2H3,(H2,18,20). The average molecular weight is 297 g/mol. The van der Waals surface area contributed by atoms with E-state index in [1.165, 1.54) is 0 Å². The van der Waals surface area contributed by atoms with Gasteiger partial charge in [-0.25, -0.2) is 9.97 Å². The number of hydrogen-bond donors (Lipinski definition) is 2. The van der Waals surface area contributed by atoms with Crippen LogP contribution in [0.1, 0.15) is 25.6 Å². The largest absolute Gasteiger partial charge is 0.382 e. The van der Waals surface area contributed by atoms with Gasteiger partial charge >= 0.3 is 0 Å². The minimum atomic E-state index is 0.526.